The van der Waals surface area contributed by atoms with E-state index in [0.717, 1.165) is 17.5 Å². The molecule has 0 aromatic heterocycles. The minimum atomic E-state index is -2.59. The van der Waals surface area contributed by atoms with Gasteiger partial charge in [0.25, 0.3) is 6.43 Å². The van der Waals surface area contributed by atoms with E-state index in [1.54, 1.807) is 0 Å². The first-order valence-corrected chi connectivity index (χ1v) is 10.5. The Labute approximate surface area is 175 Å². The van der Waals surface area contributed by atoms with E-state index in [0.29, 0.717) is 6.42 Å². The van der Waals surface area contributed by atoms with E-state index in [-0.39, 0.29) is 48.6 Å². The molecule has 0 spiro atoms. The Morgan fingerprint density at radius 3 is 2.00 bits per heavy atom. The van der Waals surface area contributed by atoms with Crippen molar-refractivity contribution in [2.45, 2.75) is 31.1 Å². The average molecular weight is 412 g/mol. The SMILES string of the molecule is O=C(NCCN(CC(F)F)C(=O)[C@@H]1C[C@@H]1c1ccccc1)[C@H]1C[C@H]1c1ccccc1. The topological polar surface area (TPSA) is 49.4 Å². The van der Waals surface area contributed by atoms with Crippen LogP contribution in [0.1, 0.15) is 35.8 Å². The number of carbonyl (C=O) groups excluding carboxylic acids is 2. The van der Waals surface area contributed by atoms with Crippen LogP contribution in [0, 0.1) is 11.8 Å². The van der Waals surface area contributed by atoms with Gasteiger partial charge < -0.3 is 10.2 Å². The van der Waals surface area contributed by atoms with Crippen molar-refractivity contribution >= 4 is 11.8 Å². The van der Waals surface area contributed by atoms with Crippen LogP contribution in [0.4, 0.5) is 8.78 Å². The first-order chi connectivity index (χ1) is 14.5. The number of hydrogen-bond acceptors (Lipinski definition) is 2. The number of hydrogen-bond donors (Lipinski definition) is 1. The van der Waals surface area contributed by atoms with Gasteiger partial charge in [0, 0.05) is 24.9 Å². The fraction of sp³-hybridized carbons (Fsp3) is 0.417. The molecule has 0 heterocycles. The fourth-order valence-corrected chi connectivity index (χ4v) is 4.23. The Morgan fingerprint density at radius 2 is 1.43 bits per heavy atom. The number of alkyl halides is 2. The van der Waals surface area contributed by atoms with E-state index in [4.69, 9.17) is 0 Å². The van der Waals surface area contributed by atoms with Crippen LogP contribution < -0.4 is 5.32 Å². The summed E-state index contributed by atoms with van der Waals surface area (Å²) in [7, 11) is 0. The lowest BCUT2D eigenvalue weighted by atomic mass is 10.1. The normalized spacial score (nSPS) is 24.4. The van der Waals surface area contributed by atoms with Gasteiger partial charge in [-0.2, -0.15) is 0 Å². The van der Waals surface area contributed by atoms with Crippen LogP contribution in [0.2, 0.25) is 0 Å². The number of amides is 2. The second kappa shape index (κ2) is 8.94. The molecule has 0 unspecified atom stereocenters. The molecular weight excluding hydrogens is 386 g/mol. The van der Waals surface area contributed by atoms with Crippen LogP contribution in [-0.4, -0.2) is 42.8 Å². The summed E-state index contributed by atoms with van der Waals surface area (Å²) in [6, 6.07) is 19.6. The molecule has 2 aliphatic rings. The third kappa shape index (κ3) is 4.86. The quantitative estimate of drug-likeness (QED) is 0.681. The van der Waals surface area contributed by atoms with Crippen molar-refractivity contribution in [3.63, 3.8) is 0 Å². The molecule has 4 rings (SSSR count). The van der Waals surface area contributed by atoms with Gasteiger partial charge in [-0.15, -0.1) is 0 Å². The highest BCUT2D eigenvalue weighted by Gasteiger charge is 2.46. The van der Waals surface area contributed by atoms with Gasteiger partial charge in [-0.25, -0.2) is 8.78 Å². The van der Waals surface area contributed by atoms with Crippen molar-refractivity contribution in [1.82, 2.24) is 10.2 Å². The zero-order valence-electron chi connectivity index (χ0n) is 16.7. The molecular formula is C24H26F2N2O2. The van der Waals surface area contributed by atoms with Crippen LogP contribution in [0.15, 0.2) is 60.7 Å². The second-order valence-electron chi connectivity index (χ2n) is 8.19. The smallest absolute Gasteiger partial charge is 0.255 e. The van der Waals surface area contributed by atoms with Crippen LogP contribution >= 0.6 is 0 Å². The molecule has 6 heteroatoms. The van der Waals surface area contributed by atoms with Crippen molar-refractivity contribution in [2.24, 2.45) is 11.8 Å². The molecule has 30 heavy (non-hydrogen) atoms. The van der Waals surface area contributed by atoms with E-state index >= 15 is 0 Å². The maximum atomic E-state index is 13.0. The predicted molar refractivity (Wildman–Crippen MR) is 110 cm³/mol. The number of rotatable bonds is 9. The lowest BCUT2D eigenvalue weighted by Gasteiger charge is -2.23. The van der Waals surface area contributed by atoms with E-state index in [1.807, 2.05) is 60.7 Å². The molecule has 4 nitrogen and oxygen atoms in total. The molecule has 0 radical (unpaired) electrons. The second-order valence-corrected chi connectivity index (χ2v) is 8.19. The molecule has 4 atom stereocenters. The number of benzene rings is 2. The minimum absolute atomic E-state index is 0.0677. The van der Waals surface area contributed by atoms with Gasteiger partial charge in [0.1, 0.15) is 0 Å². The number of carbonyl (C=O) groups is 2. The number of nitrogens with one attached hydrogen (secondary N) is 1. The predicted octanol–water partition coefficient (Wildman–Crippen LogP) is 3.80. The summed E-state index contributed by atoms with van der Waals surface area (Å²) in [6.07, 6.45) is -1.10. The van der Waals surface area contributed by atoms with E-state index < -0.39 is 13.0 Å². The van der Waals surface area contributed by atoms with Crippen LogP contribution in [0.3, 0.4) is 0 Å². The monoisotopic (exact) mass is 412 g/mol. The lowest BCUT2D eigenvalue weighted by Crippen LogP contribution is -2.42. The van der Waals surface area contributed by atoms with Gasteiger partial charge in [0.15, 0.2) is 0 Å². The zero-order valence-corrected chi connectivity index (χ0v) is 16.7. The Morgan fingerprint density at radius 1 is 0.900 bits per heavy atom. The first-order valence-electron chi connectivity index (χ1n) is 10.5. The van der Waals surface area contributed by atoms with E-state index in [1.165, 1.54) is 4.90 Å². The molecule has 2 amide bonds. The summed E-state index contributed by atoms with van der Waals surface area (Å²) in [6.45, 7) is -0.295. The van der Waals surface area contributed by atoms with Crippen molar-refractivity contribution in [3.05, 3.63) is 71.8 Å². The highest BCUT2D eigenvalue weighted by Crippen LogP contribution is 2.48. The third-order valence-electron chi connectivity index (χ3n) is 6.04. The molecule has 1 N–H and O–H groups in total. The average Bonchev–Trinajstić information content (AvgIpc) is 3.67. The van der Waals surface area contributed by atoms with Gasteiger partial charge in [-0.1, -0.05) is 60.7 Å². The lowest BCUT2D eigenvalue weighted by molar-refractivity contribution is -0.135. The highest BCUT2D eigenvalue weighted by atomic mass is 19.3. The Bertz CT molecular complexity index is 875. The van der Waals surface area contributed by atoms with Crippen molar-refractivity contribution in [3.8, 4) is 0 Å². The van der Waals surface area contributed by atoms with Gasteiger partial charge in [-0.05, 0) is 35.8 Å². The first kappa shape index (κ1) is 20.5. The fourth-order valence-electron chi connectivity index (χ4n) is 4.23. The molecule has 2 aromatic carbocycles. The summed E-state index contributed by atoms with van der Waals surface area (Å²) in [5.74, 6) is -0.297. The van der Waals surface area contributed by atoms with Crippen molar-refractivity contribution in [2.75, 3.05) is 19.6 Å². The molecule has 2 fully saturated rings. The molecule has 2 aliphatic carbocycles. The molecule has 2 saturated carbocycles. The molecule has 0 saturated heterocycles. The van der Waals surface area contributed by atoms with Gasteiger partial charge in [0.05, 0.1) is 6.54 Å². The maximum Gasteiger partial charge on any atom is 0.255 e. The summed E-state index contributed by atoms with van der Waals surface area (Å²) in [4.78, 5) is 26.4. The van der Waals surface area contributed by atoms with Crippen molar-refractivity contribution in [1.29, 1.82) is 0 Å². The van der Waals surface area contributed by atoms with E-state index in [2.05, 4.69) is 5.32 Å². The third-order valence-corrected chi connectivity index (χ3v) is 6.04. The summed E-state index contributed by atoms with van der Waals surface area (Å²) in [5, 5.41) is 2.83. The molecule has 2 aromatic rings. The molecule has 0 aliphatic heterocycles. The molecule has 158 valence electrons. The molecule has 0 bridgehead atoms. The van der Waals surface area contributed by atoms with Crippen LogP contribution in [0.5, 0.6) is 0 Å². The van der Waals surface area contributed by atoms with Gasteiger partial charge in [-0.3, -0.25) is 9.59 Å². The number of halogens is 2. The zero-order chi connectivity index (χ0) is 21.1. The number of nitrogens with zero attached hydrogens (tertiary/aromatic N) is 1. The Hall–Kier alpha value is -2.76. The van der Waals surface area contributed by atoms with Gasteiger partial charge >= 0.3 is 0 Å². The van der Waals surface area contributed by atoms with Gasteiger partial charge in [0.2, 0.25) is 11.8 Å². The van der Waals surface area contributed by atoms with Crippen LogP contribution in [0.25, 0.3) is 0 Å². The summed E-state index contributed by atoms with van der Waals surface area (Å²) in [5.41, 5.74) is 2.22. The Balaban J connectivity index is 1.27. The summed E-state index contributed by atoms with van der Waals surface area (Å²) >= 11 is 0. The Kier molecular flexibility index (Phi) is 6.11. The minimum Gasteiger partial charge on any atom is -0.354 e. The highest BCUT2D eigenvalue weighted by molar-refractivity contribution is 5.84. The summed E-state index contributed by atoms with van der Waals surface area (Å²) < 4.78 is 26.1. The largest absolute Gasteiger partial charge is 0.354 e. The van der Waals surface area contributed by atoms with E-state index in [9.17, 15) is 18.4 Å². The van der Waals surface area contributed by atoms with Crippen molar-refractivity contribution < 1.29 is 18.4 Å². The van der Waals surface area contributed by atoms with Crippen LogP contribution in [-0.2, 0) is 9.59 Å². The maximum absolute atomic E-state index is 13.0. The standard InChI is InChI=1S/C24H26F2N2O2/c25-22(26)15-28(24(30)21-14-19(21)17-9-5-2-6-10-17)12-11-27-23(29)20-13-18(20)16-7-3-1-4-8-16/h1-10,18-22H,11-15H2,(H,27,29)/t18-,19+,20-,21+/m0/s1.